The summed E-state index contributed by atoms with van der Waals surface area (Å²) in [7, 11) is 0. The third kappa shape index (κ3) is 6.99. The highest BCUT2D eigenvalue weighted by molar-refractivity contribution is 8.15. The smallest absolute Gasteiger partial charge is 0.280 e. The number of benzene rings is 3. The minimum absolute atomic E-state index is 0.0145. The Morgan fingerprint density at radius 1 is 1.05 bits per heavy atom. The van der Waals surface area contributed by atoms with E-state index in [2.05, 4.69) is 15.5 Å². The number of rotatable bonds is 10. The molecule has 212 valence electrons. The molecule has 0 saturated carbocycles. The summed E-state index contributed by atoms with van der Waals surface area (Å²) in [6.45, 7) is 2.34. The predicted octanol–water partition coefficient (Wildman–Crippen LogP) is 6.07. The van der Waals surface area contributed by atoms with Crippen LogP contribution >= 0.6 is 11.8 Å². The molecule has 2 amide bonds. The number of nitrogens with one attached hydrogen (secondary N) is 1. The van der Waals surface area contributed by atoms with Crippen LogP contribution in [-0.4, -0.2) is 44.8 Å². The molecule has 1 aliphatic heterocycles. The number of furan rings is 1. The van der Waals surface area contributed by atoms with Gasteiger partial charge in [-0.1, -0.05) is 71.9 Å². The van der Waals surface area contributed by atoms with Crippen molar-refractivity contribution >= 4 is 46.3 Å². The van der Waals surface area contributed by atoms with Gasteiger partial charge in [-0.2, -0.15) is 5.10 Å². The van der Waals surface area contributed by atoms with E-state index in [0.29, 0.717) is 40.9 Å². The topological polar surface area (TPSA) is 130 Å². The van der Waals surface area contributed by atoms with E-state index in [1.54, 1.807) is 35.2 Å². The molecular weight excluding hydrogens is 554 g/mol. The molecule has 1 aromatic heterocycles. The van der Waals surface area contributed by atoms with Gasteiger partial charge < -0.3 is 9.73 Å². The van der Waals surface area contributed by atoms with E-state index in [0.717, 1.165) is 11.1 Å². The van der Waals surface area contributed by atoms with Crippen LogP contribution in [-0.2, 0) is 16.0 Å². The van der Waals surface area contributed by atoms with Crippen LogP contribution in [0.15, 0.2) is 106 Å². The van der Waals surface area contributed by atoms with Gasteiger partial charge in [0, 0.05) is 24.7 Å². The Hall–Kier alpha value is -5.03. The van der Waals surface area contributed by atoms with Crippen LogP contribution in [0, 0.1) is 17.0 Å². The Morgan fingerprint density at radius 3 is 2.55 bits per heavy atom. The maximum absolute atomic E-state index is 13.4. The van der Waals surface area contributed by atoms with Gasteiger partial charge in [0.05, 0.1) is 16.7 Å². The minimum Gasteiger partial charge on any atom is -0.455 e. The van der Waals surface area contributed by atoms with Crippen LogP contribution < -0.4 is 5.32 Å². The molecule has 0 spiro atoms. The van der Waals surface area contributed by atoms with Crippen LogP contribution in [0.2, 0.25) is 0 Å². The van der Waals surface area contributed by atoms with Gasteiger partial charge in [0.1, 0.15) is 16.8 Å². The quantitative estimate of drug-likeness (QED) is 0.137. The number of hydrogen-bond acceptors (Lipinski definition) is 8. The Morgan fingerprint density at radius 2 is 1.79 bits per heavy atom. The van der Waals surface area contributed by atoms with E-state index in [9.17, 15) is 19.7 Å². The fourth-order valence-corrected chi connectivity index (χ4v) is 5.49. The van der Waals surface area contributed by atoms with Gasteiger partial charge in [0.15, 0.2) is 5.17 Å². The third-order valence-electron chi connectivity index (χ3n) is 6.51. The third-order valence-corrected chi connectivity index (χ3v) is 7.68. The van der Waals surface area contributed by atoms with Gasteiger partial charge in [-0.05, 0) is 49.2 Å². The average molecular weight is 582 g/mol. The van der Waals surface area contributed by atoms with Crippen molar-refractivity contribution in [3.05, 3.63) is 118 Å². The number of carbonyl (C=O) groups excluding carboxylic acids is 2. The van der Waals surface area contributed by atoms with E-state index in [-0.39, 0.29) is 23.9 Å². The molecule has 2 heterocycles. The Labute approximate surface area is 246 Å². The lowest BCUT2D eigenvalue weighted by Gasteiger charge is -2.15. The van der Waals surface area contributed by atoms with Crippen molar-refractivity contribution in [1.29, 1.82) is 0 Å². The number of para-hydroxylation sites is 1. The summed E-state index contributed by atoms with van der Waals surface area (Å²) in [5.41, 5.74) is 3.10. The lowest BCUT2D eigenvalue weighted by Crippen LogP contribution is -2.35. The molecule has 5 rings (SSSR count). The summed E-state index contributed by atoms with van der Waals surface area (Å²) in [5.74, 6) is 0.189. The van der Waals surface area contributed by atoms with Crippen molar-refractivity contribution in [2.45, 2.75) is 25.0 Å². The molecule has 11 heteroatoms. The molecule has 1 saturated heterocycles. The molecule has 42 heavy (non-hydrogen) atoms. The van der Waals surface area contributed by atoms with E-state index < -0.39 is 10.2 Å². The van der Waals surface area contributed by atoms with Crippen LogP contribution in [0.1, 0.15) is 23.3 Å². The summed E-state index contributed by atoms with van der Waals surface area (Å²) in [6.07, 6.45) is 1.97. The van der Waals surface area contributed by atoms with Gasteiger partial charge in [0.2, 0.25) is 11.8 Å². The molecule has 1 fully saturated rings. The summed E-state index contributed by atoms with van der Waals surface area (Å²) in [4.78, 5) is 38.6. The monoisotopic (exact) mass is 581 g/mol. The molecule has 10 nitrogen and oxygen atoms in total. The van der Waals surface area contributed by atoms with E-state index in [1.807, 2.05) is 61.5 Å². The first-order chi connectivity index (χ1) is 20.4. The van der Waals surface area contributed by atoms with Crippen molar-refractivity contribution in [3.63, 3.8) is 0 Å². The maximum Gasteiger partial charge on any atom is 0.280 e. The molecule has 4 aromatic rings. The van der Waals surface area contributed by atoms with Crippen molar-refractivity contribution in [3.8, 4) is 11.3 Å². The van der Waals surface area contributed by atoms with Crippen LogP contribution in [0.5, 0.6) is 0 Å². The number of aryl methyl sites for hydroxylation is 1. The molecule has 0 aliphatic carbocycles. The zero-order valence-corrected chi connectivity index (χ0v) is 23.5. The first kappa shape index (κ1) is 28.5. The number of nitro benzene ring substituents is 1. The fourth-order valence-electron chi connectivity index (χ4n) is 4.37. The van der Waals surface area contributed by atoms with Gasteiger partial charge in [0.25, 0.3) is 5.69 Å². The van der Waals surface area contributed by atoms with Crippen LogP contribution in [0.25, 0.3) is 11.3 Å². The van der Waals surface area contributed by atoms with Crippen LogP contribution in [0.3, 0.4) is 0 Å². The molecule has 3 aromatic carbocycles. The lowest BCUT2D eigenvalue weighted by atomic mass is 10.1. The standard InChI is InChI=1S/C31H27N5O5S/c1-21-11-13-23(14-12-21)33-29(37)19-28-30(38)35(18-17-22-7-3-2-4-8-22)31(42-28)34-32-20-24-15-16-27(41-24)25-9-5-6-10-26(25)36(39)40/h2-16,20,28H,17-19H2,1H3,(H,33,37)/b32-20+,34-31-. The Bertz CT molecular complexity index is 1650. The summed E-state index contributed by atoms with van der Waals surface area (Å²) < 4.78 is 5.75. The Kier molecular flexibility index (Phi) is 8.88. The molecule has 1 unspecified atom stereocenters. The zero-order chi connectivity index (χ0) is 29.5. The van der Waals surface area contributed by atoms with E-state index in [1.165, 1.54) is 24.0 Å². The normalized spacial score (nSPS) is 15.9. The zero-order valence-electron chi connectivity index (χ0n) is 22.7. The van der Waals surface area contributed by atoms with Crippen molar-refractivity contribution < 1.29 is 18.9 Å². The number of nitrogens with zero attached hydrogens (tertiary/aromatic N) is 4. The molecular formula is C31H27N5O5S. The second kappa shape index (κ2) is 13.1. The number of amidine groups is 1. The number of nitro groups is 1. The highest BCUT2D eigenvalue weighted by atomic mass is 32.2. The largest absolute Gasteiger partial charge is 0.455 e. The molecule has 0 bridgehead atoms. The summed E-state index contributed by atoms with van der Waals surface area (Å²) in [5, 5.41) is 22.4. The van der Waals surface area contributed by atoms with Crippen molar-refractivity contribution in [2.24, 2.45) is 10.2 Å². The second-order valence-corrected chi connectivity index (χ2v) is 10.7. The number of hydrogen-bond donors (Lipinski definition) is 1. The Balaban J connectivity index is 1.31. The SMILES string of the molecule is Cc1ccc(NC(=O)CC2S/C(=N\N=C\c3ccc(-c4ccccc4[N+](=O)[O-])o3)N(CCc3ccccc3)C2=O)cc1. The first-order valence-corrected chi connectivity index (χ1v) is 14.1. The molecule has 0 radical (unpaired) electrons. The first-order valence-electron chi connectivity index (χ1n) is 13.2. The second-order valence-electron chi connectivity index (χ2n) is 9.55. The van der Waals surface area contributed by atoms with Crippen LogP contribution in [0.4, 0.5) is 11.4 Å². The van der Waals surface area contributed by atoms with E-state index >= 15 is 0 Å². The predicted molar refractivity (Wildman–Crippen MR) is 163 cm³/mol. The number of thioether (sulfide) groups is 1. The number of anilines is 1. The number of amides is 2. The molecule has 1 atom stereocenters. The highest BCUT2D eigenvalue weighted by Crippen LogP contribution is 2.32. The van der Waals surface area contributed by atoms with E-state index in [4.69, 9.17) is 4.42 Å². The van der Waals surface area contributed by atoms with Crippen molar-refractivity contribution in [1.82, 2.24) is 4.90 Å². The maximum atomic E-state index is 13.4. The number of carbonyl (C=O) groups is 2. The van der Waals surface area contributed by atoms with Gasteiger partial charge in [-0.3, -0.25) is 24.6 Å². The highest BCUT2D eigenvalue weighted by Gasteiger charge is 2.39. The molecule has 1 aliphatic rings. The van der Waals surface area contributed by atoms with Crippen molar-refractivity contribution in [2.75, 3.05) is 11.9 Å². The minimum atomic E-state index is -0.644. The van der Waals surface area contributed by atoms with Gasteiger partial charge in [-0.15, -0.1) is 5.10 Å². The summed E-state index contributed by atoms with van der Waals surface area (Å²) in [6, 6.07) is 26.8. The molecule has 1 N–H and O–H groups in total. The van der Waals surface area contributed by atoms with Gasteiger partial charge in [-0.25, -0.2) is 0 Å². The van der Waals surface area contributed by atoms with Gasteiger partial charge >= 0.3 is 0 Å². The summed E-state index contributed by atoms with van der Waals surface area (Å²) >= 11 is 1.19. The fraction of sp³-hybridized carbons (Fsp3) is 0.161. The lowest BCUT2D eigenvalue weighted by molar-refractivity contribution is -0.384. The average Bonchev–Trinajstić information content (AvgIpc) is 3.58.